The van der Waals surface area contributed by atoms with Gasteiger partial charge in [-0.3, -0.25) is 0 Å². The van der Waals surface area contributed by atoms with Gasteiger partial charge in [-0.1, -0.05) is 35.5 Å². The highest BCUT2D eigenvalue weighted by Crippen LogP contribution is 2.47. The van der Waals surface area contributed by atoms with Crippen LogP contribution >= 0.6 is 0 Å². The summed E-state index contributed by atoms with van der Waals surface area (Å²) in [6, 6.07) is 12.5. The molecule has 0 amide bonds. The highest BCUT2D eigenvalue weighted by atomic mass is 19.1. The van der Waals surface area contributed by atoms with E-state index in [4.69, 9.17) is 9.26 Å². The van der Waals surface area contributed by atoms with E-state index in [1.807, 2.05) is 37.3 Å². The van der Waals surface area contributed by atoms with E-state index in [-0.39, 0.29) is 24.3 Å². The zero-order valence-electron chi connectivity index (χ0n) is 18.1. The predicted octanol–water partition coefficient (Wildman–Crippen LogP) is 5.41. The van der Waals surface area contributed by atoms with Gasteiger partial charge in [-0.05, 0) is 50.7 Å². The number of nitrogens with zero attached hydrogens (tertiary/aromatic N) is 2. The van der Waals surface area contributed by atoms with Crippen LogP contribution in [0.5, 0.6) is 5.75 Å². The molecule has 0 unspecified atom stereocenters. The second kappa shape index (κ2) is 8.98. The average molecular weight is 440 g/mol. The van der Waals surface area contributed by atoms with Crippen molar-refractivity contribution in [3.8, 4) is 5.75 Å². The summed E-state index contributed by atoms with van der Waals surface area (Å²) in [4.78, 5) is 4.37. The van der Waals surface area contributed by atoms with Gasteiger partial charge in [0, 0.05) is 35.5 Å². The Kier molecular flexibility index (Phi) is 5.91. The Balaban J connectivity index is 1.20. The number of ether oxygens (including phenoxy) is 1. The molecule has 1 heterocycles. The first-order valence-electron chi connectivity index (χ1n) is 11.3. The summed E-state index contributed by atoms with van der Waals surface area (Å²) in [6.07, 6.45) is 4.88. The first-order valence-corrected chi connectivity index (χ1v) is 11.3. The molecule has 2 aliphatic carbocycles. The van der Waals surface area contributed by atoms with E-state index < -0.39 is 11.6 Å². The molecule has 2 atom stereocenters. The number of benzene rings is 2. The molecular weight excluding hydrogens is 412 g/mol. The smallest absolute Gasteiger partial charge is 0.229 e. The van der Waals surface area contributed by atoms with Crippen molar-refractivity contribution in [2.24, 2.45) is 0 Å². The Bertz CT molecular complexity index is 1060. The van der Waals surface area contributed by atoms with Gasteiger partial charge in [0.15, 0.2) is 17.4 Å². The third-order valence-electron chi connectivity index (χ3n) is 6.52. The minimum atomic E-state index is -0.642. The molecule has 2 saturated carbocycles. The summed E-state index contributed by atoms with van der Waals surface area (Å²) < 4.78 is 39.8. The van der Waals surface area contributed by atoms with Crippen LogP contribution in [0.15, 0.2) is 47.0 Å². The fourth-order valence-corrected chi connectivity index (χ4v) is 4.75. The molecule has 0 aliphatic heterocycles. The standard InChI is InChI=1S/C25H27F2N3O2/c1-15-28-25(32-30-15)17-7-9-19(10-8-17)29-23-13-20(23)21-11-18(26)12-22(27)24(21)31-14-16-5-3-2-4-6-16/h2-6,11-12,17,19-20,23,29H,7-10,13-14H2,1H3/t17?,19?,20-,23+/m0/s1. The maximum absolute atomic E-state index is 14.6. The van der Waals surface area contributed by atoms with Gasteiger partial charge in [-0.25, -0.2) is 8.78 Å². The Morgan fingerprint density at radius 2 is 1.88 bits per heavy atom. The summed E-state index contributed by atoms with van der Waals surface area (Å²) in [5, 5.41) is 7.59. The van der Waals surface area contributed by atoms with Gasteiger partial charge in [-0.15, -0.1) is 0 Å². The van der Waals surface area contributed by atoms with Crippen molar-refractivity contribution in [2.45, 2.75) is 69.6 Å². The Labute approximate surface area is 186 Å². The molecular formula is C25H27F2N3O2. The molecule has 0 radical (unpaired) electrons. The van der Waals surface area contributed by atoms with Gasteiger partial charge < -0.3 is 14.6 Å². The topological polar surface area (TPSA) is 60.2 Å². The van der Waals surface area contributed by atoms with Crippen LogP contribution in [0, 0.1) is 18.6 Å². The number of aryl methyl sites for hydroxylation is 1. The van der Waals surface area contributed by atoms with Crippen LogP contribution in [0.4, 0.5) is 8.78 Å². The van der Waals surface area contributed by atoms with Gasteiger partial charge in [0.25, 0.3) is 0 Å². The lowest BCUT2D eigenvalue weighted by atomic mass is 9.86. The monoisotopic (exact) mass is 439 g/mol. The van der Waals surface area contributed by atoms with Crippen LogP contribution in [0.2, 0.25) is 0 Å². The first-order chi connectivity index (χ1) is 15.6. The van der Waals surface area contributed by atoms with Crippen LogP contribution in [-0.2, 0) is 6.61 Å². The van der Waals surface area contributed by atoms with E-state index in [0.717, 1.165) is 49.6 Å². The van der Waals surface area contributed by atoms with Gasteiger partial charge in [-0.2, -0.15) is 4.98 Å². The highest BCUT2D eigenvalue weighted by molar-refractivity contribution is 5.42. The number of rotatable bonds is 7. The van der Waals surface area contributed by atoms with E-state index in [1.54, 1.807) is 0 Å². The lowest BCUT2D eigenvalue weighted by Crippen LogP contribution is -2.35. The quantitative estimate of drug-likeness (QED) is 0.534. The zero-order valence-corrected chi connectivity index (χ0v) is 18.1. The van der Waals surface area contributed by atoms with E-state index in [2.05, 4.69) is 15.5 Å². The number of hydrogen-bond acceptors (Lipinski definition) is 5. The van der Waals surface area contributed by atoms with Crippen LogP contribution in [0.1, 0.15) is 66.8 Å². The molecule has 5 rings (SSSR count). The van der Waals surface area contributed by atoms with Crippen molar-refractivity contribution in [2.75, 3.05) is 0 Å². The van der Waals surface area contributed by atoms with Crippen molar-refractivity contribution in [3.05, 3.63) is 76.9 Å². The van der Waals surface area contributed by atoms with Crippen LogP contribution in [0.25, 0.3) is 0 Å². The fourth-order valence-electron chi connectivity index (χ4n) is 4.75. The molecule has 1 N–H and O–H groups in total. The molecule has 1 aromatic heterocycles. The summed E-state index contributed by atoms with van der Waals surface area (Å²) in [5.74, 6) is 0.749. The minimum Gasteiger partial charge on any atom is -0.486 e. The lowest BCUT2D eigenvalue weighted by Gasteiger charge is -2.27. The van der Waals surface area contributed by atoms with Crippen molar-refractivity contribution in [3.63, 3.8) is 0 Å². The van der Waals surface area contributed by atoms with E-state index in [9.17, 15) is 8.78 Å². The molecule has 3 aromatic rings. The average Bonchev–Trinajstić information content (AvgIpc) is 3.42. The van der Waals surface area contributed by atoms with Gasteiger partial charge in [0.2, 0.25) is 5.89 Å². The van der Waals surface area contributed by atoms with Crippen LogP contribution in [-0.4, -0.2) is 22.2 Å². The summed E-state index contributed by atoms with van der Waals surface area (Å²) in [7, 11) is 0. The predicted molar refractivity (Wildman–Crippen MR) is 115 cm³/mol. The molecule has 168 valence electrons. The maximum Gasteiger partial charge on any atom is 0.229 e. The lowest BCUT2D eigenvalue weighted by molar-refractivity contribution is 0.279. The number of halogens is 2. The highest BCUT2D eigenvalue weighted by Gasteiger charge is 2.42. The molecule has 2 aliphatic rings. The summed E-state index contributed by atoms with van der Waals surface area (Å²) >= 11 is 0. The van der Waals surface area contributed by atoms with Gasteiger partial charge >= 0.3 is 0 Å². The molecule has 5 nitrogen and oxygen atoms in total. The third kappa shape index (κ3) is 4.67. The van der Waals surface area contributed by atoms with E-state index >= 15 is 0 Å². The summed E-state index contributed by atoms with van der Waals surface area (Å²) in [6.45, 7) is 2.08. The number of aromatic nitrogens is 2. The molecule has 32 heavy (non-hydrogen) atoms. The molecule has 0 saturated heterocycles. The van der Waals surface area contributed by atoms with E-state index in [1.165, 1.54) is 6.07 Å². The second-order valence-electron chi connectivity index (χ2n) is 8.92. The van der Waals surface area contributed by atoms with Crippen LogP contribution < -0.4 is 10.1 Å². The second-order valence-corrected chi connectivity index (χ2v) is 8.92. The number of nitrogens with one attached hydrogen (secondary N) is 1. The largest absolute Gasteiger partial charge is 0.486 e. The molecule has 7 heteroatoms. The van der Waals surface area contributed by atoms with Crippen molar-refractivity contribution >= 4 is 0 Å². The van der Waals surface area contributed by atoms with Crippen LogP contribution in [0.3, 0.4) is 0 Å². The van der Waals surface area contributed by atoms with Crippen molar-refractivity contribution in [1.82, 2.24) is 15.5 Å². The SMILES string of the molecule is Cc1noc(C2CCC(N[C@@H]3C[C@H]3c3cc(F)cc(F)c3OCc3ccccc3)CC2)n1. The molecule has 2 fully saturated rings. The Morgan fingerprint density at radius 3 is 2.59 bits per heavy atom. The first kappa shape index (κ1) is 21.1. The zero-order chi connectivity index (χ0) is 22.1. The molecule has 0 spiro atoms. The molecule has 2 aromatic carbocycles. The maximum atomic E-state index is 14.6. The fraction of sp³-hybridized carbons (Fsp3) is 0.440. The van der Waals surface area contributed by atoms with Crippen molar-refractivity contribution < 1.29 is 18.0 Å². The normalized spacial score (nSPS) is 25.0. The molecule has 0 bridgehead atoms. The Hall–Kier alpha value is -2.80. The van der Waals surface area contributed by atoms with Crippen molar-refractivity contribution in [1.29, 1.82) is 0 Å². The van der Waals surface area contributed by atoms with E-state index in [0.29, 0.717) is 23.3 Å². The number of hydrogen-bond donors (Lipinski definition) is 1. The summed E-state index contributed by atoms with van der Waals surface area (Å²) in [5.41, 5.74) is 1.56. The minimum absolute atomic E-state index is 0.0577. The van der Waals surface area contributed by atoms with Gasteiger partial charge in [0.05, 0.1) is 0 Å². The van der Waals surface area contributed by atoms with Gasteiger partial charge in [0.1, 0.15) is 12.4 Å². The third-order valence-corrected chi connectivity index (χ3v) is 6.52. The Morgan fingerprint density at radius 1 is 1.09 bits per heavy atom.